The van der Waals surface area contributed by atoms with Gasteiger partial charge in [0.2, 0.25) is 5.91 Å². The van der Waals surface area contributed by atoms with Crippen molar-refractivity contribution < 1.29 is 18.0 Å². The van der Waals surface area contributed by atoms with E-state index in [1.54, 1.807) is 6.92 Å². The Kier molecular flexibility index (Phi) is 7.09. The summed E-state index contributed by atoms with van der Waals surface area (Å²) in [6.07, 6.45) is -4.47. The van der Waals surface area contributed by atoms with Gasteiger partial charge in [0.05, 0.1) is 16.6 Å². The SMILES string of the molecule is Cc1ccc(NC(=O)CBr)c(C(F)(F)F)c1.Nc1ccccc1. The van der Waals surface area contributed by atoms with Gasteiger partial charge in [0.15, 0.2) is 0 Å². The molecule has 0 unspecified atom stereocenters. The molecule has 3 nitrogen and oxygen atoms in total. The number of halogens is 4. The second kappa shape index (κ2) is 8.57. The molecule has 0 saturated carbocycles. The summed E-state index contributed by atoms with van der Waals surface area (Å²) in [5.41, 5.74) is 5.62. The fourth-order valence-electron chi connectivity index (χ4n) is 1.64. The van der Waals surface area contributed by atoms with Gasteiger partial charge >= 0.3 is 6.18 Å². The third-order valence-corrected chi connectivity index (χ3v) is 3.18. The highest BCUT2D eigenvalue weighted by atomic mass is 79.9. The van der Waals surface area contributed by atoms with Crippen molar-refractivity contribution in [1.29, 1.82) is 0 Å². The van der Waals surface area contributed by atoms with Crippen molar-refractivity contribution >= 4 is 33.2 Å². The summed E-state index contributed by atoms with van der Waals surface area (Å²) in [4.78, 5) is 11.0. The fourth-order valence-corrected chi connectivity index (χ4v) is 1.78. The van der Waals surface area contributed by atoms with Crippen LogP contribution in [-0.2, 0) is 11.0 Å². The number of amides is 1. The Morgan fingerprint density at radius 1 is 1.17 bits per heavy atom. The number of rotatable bonds is 2. The summed E-state index contributed by atoms with van der Waals surface area (Å²) >= 11 is 2.87. The molecule has 1 amide bonds. The van der Waals surface area contributed by atoms with Crippen LogP contribution in [0.1, 0.15) is 11.1 Å². The third-order valence-electron chi connectivity index (χ3n) is 2.68. The lowest BCUT2D eigenvalue weighted by Gasteiger charge is -2.13. The first-order valence-electron chi connectivity index (χ1n) is 6.58. The molecule has 0 aromatic heterocycles. The van der Waals surface area contributed by atoms with Gasteiger partial charge in [-0.3, -0.25) is 4.79 Å². The van der Waals surface area contributed by atoms with Crippen molar-refractivity contribution in [2.45, 2.75) is 13.1 Å². The molecular weight excluding hydrogens is 373 g/mol. The summed E-state index contributed by atoms with van der Waals surface area (Å²) in [5, 5.41) is 2.14. The molecule has 7 heteroatoms. The fraction of sp³-hybridized carbons (Fsp3) is 0.188. The van der Waals surface area contributed by atoms with E-state index in [4.69, 9.17) is 5.73 Å². The lowest BCUT2D eigenvalue weighted by atomic mass is 10.1. The van der Waals surface area contributed by atoms with Crippen LogP contribution < -0.4 is 11.1 Å². The van der Waals surface area contributed by atoms with Crippen molar-refractivity contribution in [2.24, 2.45) is 0 Å². The van der Waals surface area contributed by atoms with E-state index >= 15 is 0 Å². The molecular formula is C16H16BrF3N2O. The molecule has 0 aliphatic heterocycles. The number of hydrogen-bond acceptors (Lipinski definition) is 2. The molecule has 23 heavy (non-hydrogen) atoms. The molecule has 124 valence electrons. The second-order valence-corrected chi connectivity index (χ2v) is 5.20. The molecule has 0 saturated heterocycles. The maximum absolute atomic E-state index is 12.6. The van der Waals surface area contributed by atoms with Crippen molar-refractivity contribution in [3.63, 3.8) is 0 Å². The van der Waals surface area contributed by atoms with E-state index in [0.29, 0.717) is 5.56 Å². The van der Waals surface area contributed by atoms with Crippen molar-refractivity contribution in [2.75, 3.05) is 16.4 Å². The van der Waals surface area contributed by atoms with E-state index in [-0.39, 0.29) is 11.0 Å². The van der Waals surface area contributed by atoms with Crippen LogP contribution in [0.4, 0.5) is 24.5 Å². The molecule has 2 rings (SSSR count). The average Bonchev–Trinajstić information content (AvgIpc) is 2.49. The molecule has 2 aromatic rings. The average molecular weight is 389 g/mol. The predicted octanol–water partition coefficient (Wildman–Crippen LogP) is 4.62. The number of para-hydroxylation sites is 1. The Labute approximate surface area is 140 Å². The Bertz CT molecular complexity index is 646. The Morgan fingerprint density at radius 2 is 1.78 bits per heavy atom. The van der Waals surface area contributed by atoms with Crippen LogP contribution in [0.3, 0.4) is 0 Å². The number of aryl methyl sites for hydroxylation is 1. The number of nitrogen functional groups attached to an aromatic ring is 1. The van der Waals surface area contributed by atoms with Crippen LogP contribution >= 0.6 is 15.9 Å². The quantitative estimate of drug-likeness (QED) is 0.582. The van der Waals surface area contributed by atoms with E-state index in [1.807, 2.05) is 30.3 Å². The van der Waals surface area contributed by atoms with Crippen LogP contribution in [-0.4, -0.2) is 11.2 Å². The predicted molar refractivity (Wildman–Crippen MR) is 89.5 cm³/mol. The van der Waals surface area contributed by atoms with Crippen LogP contribution in [0.2, 0.25) is 0 Å². The number of benzene rings is 2. The molecule has 0 bridgehead atoms. The lowest BCUT2D eigenvalue weighted by molar-refractivity contribution is -0.137. The zero-order valence-electron chi connectivity index (χ0n) is 12.3. The molecule has 0 aliphatic rings. The minimum absolute atomic E-state index is 0.0435. The van der Waals surface area contributed by atoms with E-state index in [9.17, 15) is 18.0 Å². The van der Waals surface area contributed by atoms with Crippen LogP contribution in [0.5, 0.6) is 0 Å². The first-order valence-corrected chi connectivity index (χ1v) is 7.70. The van der Waals surface area contributed by atoms with Crippen LogP contribution in [0, 0.1) is 6.92 Å². The normalized spacial score (nSPS) is 10.5. The van der Waals surface area contributed by atoms with Crippen molar-refractivity contribution in [3.05, 3.63) is 59.7 Å². The summed E-state index contributed by atoms with van der Waals surface area (Å²) in [7, 11) is 0. The van der Waals surface area contributed by atoms with Crippen LogP contribution in [0.25, 0.3) is 0 Å². The van der Waals surface area contributed by atoms with Gasteiger partial charge in [-0.25, -0.2) is 0 Å². The maximum Gasteiger partial charge on any atom is 0.418 e. The molecule has 0 radical (unpaired) electrons. The van der Waals surface area contributed by atoms with E-state index in [0.717, 1.165) is 11.8 Å². The molecule has 3 N–H and O–H groups in total. The second-order valence-electron chi connectivity index (χ2n) is 4.64. The minimum Gasteiger partial charge on any atom is -0.399 e. The monoisotopic (exact) mass is 388 g/mol. The van der Waals surface area contributed by atoms with E-state index in [2.05, 4.69) is 21.2 Å². The number of hydrogen-bond donors (Lipinski definition) is 2. The van der Waals surface area contributed by atoms with Gasteiger partial charge in [0.25, 0.3) is 0 Å². The zero-order chi connectivity index (χ0) is 17.5. The number of anilines is 2. The van der Waals surface area contributed by atoms with Gasteiger partial charge in [0.1, 0.15) is 0 Å². The number of nitrogens with one attached hydrogen (secondary N) is 1. The van der Waals surface area contributed by atoms with E-state index < -0.39 is 17.6 Å². The van der Waals surface area contributed by atoms with E-state index in [1.165, 1.54) is 12.1 Å². The highest BCUT2D eigenvalue weighted by Crippen LogP contribution is 2.35. The smallest absolute Gasteiger partial charge is 0.399 e. The maximum atomic E-state index is 12.6. The summed E-state index contributed by atoms with van der Waals surface area (Å²) in [5.74, 6) is -0.519. The number of nitrogens with two attached hydrogens (primary N) is 1. The van der Waals surface area contributed by atoms with Crippen molar-refractivity contribution in [1.82, 2.24) is 0 Å². The molecule has 0 spiro atoms. The van der Waals surface area contributed by atoms with Gasteiger partial charge in [-0.2, -0.15) is 13.2 Å². The molecule has 0 aliphatic carbocycles. The first kappa shape index (κ1) is 19.0. The molecule has 0 fully saturated rings. The van der Waals surface area contributed by atoms with Crippen LogP contribution in [0.15, 0.2) is 48.5 Å². The Balaban J connectivity index is 0.000000313. The van der Waals surface area contributed by atoms with Gasteiger partial charge in [-0.1, -0.05) is 45.8 Å². The topological polar surface area (TPSA) is 55.1 Å². The standard InChI is InChI=1S/C10H9BrF3NO.C6H7N/c1-6-2-3-8(15-9(16)5-11)7(4-6)10(12,13)14;7-6-4-2-1-3-5-6/h2-4H,5H2,1H3,(H,15,16);1-5H,7H2. The highest BCUT2D eigenvalue weighted by Gasteiger charge is 2.33. The Morgan fingerprint density at radius 3 is 2.22 bits per heavy atom. The van der Waals surface area contributed by atoms with Gasteiger partial charge in [-0.15, -0.1) is 0 Å². The first-order chi connectivity index (χ1) is 10.7. The summed E-state index contributed by atoms with van der Waals surface area (Å²) in [6.45, 7) is 1.56. The molecule has 0 heterocycles. The molecule has 0 atom stereocenters. The third kappa shape index (κ3) is 6.73. The zero-order valence-corrected chi connectivity index (χ0v) is 13.9. The number of alkyl halides is 4. The highest BCUT2D eigenvalue weighted by molar-refractivity contribution is 9.09. The van der Waals surface area contributed by atoms with Gasteiger partial charge in [-0.05, 0) is 31.2 Å². The van der Waals surface area contributed by atoms with Crippen molar-refractivity contribution in [3.8, 4) is 0 Å². The number of carbonyl (C=O) groups excluding carboxylic acids is 1. The summed E-state index contributed by atoms with van der Waals surface area (Å²) < 4.78 is 37.9. The minimum atomic E-state index is -4.47. The molecule has 2 aromatic carbocycles. The largest absolute Gasteiger partial charge is 0.418 e. The van der Waals surface area contributed by atoms with Gasteiger partial charge in [0, 0.05) is 5.69 Å². The lowest BCUT2D eigenvalue weighted by Crippen LogP contribution is -2.17. The number of carbonyl (C=O) groups is 1. The van der Waals surface area contributed by atoms with Gasteiger partial charge < -0.3 is 11.1 Å². The summed E-state index contributed by atoms with van der Waals surface area (Å²) in [6, 6.07) is 13.3. The Hall–Kier alpha value is -2.02.